The Labute approximate surface area is 212 Å². The molecule has 0 aliphatic heterocycles. The number of nitrogens with zero attached hydrogens (tertiary/aromatic N) is 1. The number of nitrogens with one attached hydrogen (secondary N) is 1. The lowest BCUT2D eigenvalue weighted by atomic mass is 9.91. The Kier molecular flexibility index (Phi) is 12.1. The van der Waals surface area contributed by atoms with E-state index in [9.17, 15) is 13.4 Å². The van der Waals surface area contributed by atoms with Crippen LogP contribution in [0.1, 0.15) is 33.1 Å². The number of nitrogens with two attached hydrogens (primary N) is 1. The fourth-order valence-corrected chi connectivity index (χ4v) is 5.77. The lowest BCUT2D eigenvalue weighted by Crippen LogP contribution is -2.43. The summed E-state index contributed by atoms with van der Waals surface area (Å²) >= 11 is 0. The van der Waals surface area contributed by atoms with E-state index in [4.69, 9.17) is 15.2 Å². The van der Waals surface area contributed by atoms with Crippen molar-refractivity contribution < 1.29 is 22.9 Å². The summed E-state index contributed by atoms with van der Waals surface area (Å²) in [5, 5.41) is 3.54. The largest absolute Gasteiger partial charge is 0.493 e. The van der Waals surface area contributed by atoms with Crippen LogP contribution in [0.25, 0.3) is 0 Å². The lowest BCUT2D eigenvalue weighted by Gasteiger charge is -2.35. The van der Waals surface area contributed by atoms with Gasteiger partial charge in [-0.2, -0.15) is 0 Å². The summed E-state index contributed by atoms with van der Waals surface area (Å²) in [6, 6.07) is 4.02. The molecule has 194 valence electrons. The van der Waals surface area contributed by atoms with Gasteiger partial charge in [0.2, 0.25) is 0 Å². The van der Waals surface area contributed by atoms with E-state index in [-0.39, 0.29) is 19.1 Å². The summed E-state index contributed by atoms with van der Waals surface area (Å²) in [4.78, 5) is 10.9. The van der Waals surface area contributed by atoms with Crippen molar-refractivity contribution in [3.63, 3.8) is 0 Å². The van der Waals surface area contributed by atoms with Crippen LogP contribution in [0.5, 0.6) is 11.5 Å². The first kappa shape index (κ1) is 29.2. The molecule has 7 nitrogen and oxygen atoms in total. The first-order chi connectivity index (χ1) is 16.8. The molecule has 0 bridgehead atoms. The number of benzene rings is 1. The van der Waals surface area contributed by atoms with Crippen molar-refractivity contribution >= 4 is 26.5 Å². The molecule has 0 saturated carbocycles. The molecule has 0 heterocycles. The third-order valence-electron chi connectivity index (χ3n) is 5.85. The Hall–Kier alpha value is -2.06. The second kappa shape index (κ2) is 14.5. The zero-order valence-corrected chi connectivity index (χ0v) is 22.8. The number of likely N-dealkylation sites (N-methyl/N-ethyl adjacent to an activating group) is 1. The summed E-state index contributed by atoms with van der Waals surface area (Å²) in [5.41, 5.74) is 8.09. The average molecular weight is 526 g/mol. The maximum atomic E-state index is 13.6. The van der Waals surface area contributed by atoms with E-state index >= 15 is 0 Å². The van der Waals surface area contributed by atoms with Crippen LogP contribution in [0.2, 0.25) is 0 Å². The topological polar surface area (TPSA) is 93.9 Å². The molecule has 35 heavy (non-hydrogen) atoms. The molecule has 1 aromatic rings. The van der Waals surface area contributed by atoms with Crippen LogP contribution in [-0.2, 0) is 15.8 Å². The van der Waals surface area contributed by atoms with Crippen LogP contribution in [0.4, 0.5) is 4.39 Å². The Balaban J connectivity index is 2.21. The van der Waals surface area contributed by atoms with Crippen molar-refractivity contribution in [1.29, 1.82) is 0 Å². The maximum absolute atomic E-state index is 13.6. The molecule has 5 atom stereocenters. The molecule has 0 amide bonds. The minimum absolute atomic E-state index is 0.0671. The lowest BCUT2D eigenvalue weighted by molar-refractivity contribution is -0.107. The van der Waals surface area contributed by atoms with E-state index in [1.807, 2.05) is 43.4 Å². The number of rotatable bonds is 13. The van der Waals surface area contributed by atoms with Crippen LogP contribution in [-0.4, -0.2) is 59.4 Å². The number of hydrogen-bond donors (Lipinski definition) is 2. The number of hydrogen-bond acceptors (Lipinski definition) is 6. The van der Waals surface area contributed by atoms with Crippen molar-refractivity contribution in [2.24, 2.45) is 5.73 Å². The van der Waals surface area contributed by atoms with Crippen LogP contribution in [0, 0.1) is 5.82 Å². The van der Waals surface area contributed by atoms with Gasteiger partial charge in [-0.25, -0.2) is 12.9 Å². The van der Waals surface area contributed by atoms with E-state index < -0.39 is 28.2 Å². The normalized spacial score (nSPS) is 19.5. The Morgan fingerprint density at radius 3 is 2.80 bits per heavy atom. The Morgan fingerprint density at radius 1 is 1.43 bits per heavy atom. The third-order valence-corrected chi connectivity index (χ3v) is 8.18. The molecule has 0 fully saturated rings. The molecule has 0 spiro atoms. The second-order valence-corrected chi connectivity index (χ2v) is 10.6. The number of ether oxygens (including phenoxy) is 2. The zero-order valence-electron chi connectivity index (χ0n) is 20.8. The van der Waals surface area contributed by atoms with Crippen LogP contribution < -0.4 is 20.5 Å². The highest BCUT2D eigenvalue weighted by molar-refractivity contribution is 7.83. The van der Waals surface area contributed by atoms with Gasteiger partial charge in [0.05, 0.1) is 18.9 Å². The van der Waals surface area contributed by atoms with Gasteiger partial charge >= 0.3 is 0 Å². The molecule has 0 saturated heterocycles. The fourth-order valence-electron chi connectivity index (χ4n) is 3.99. The smallest absolute Gasteiger partial charge is 0.163 e. The molecule has 0 radical (unpaired) electrons. The minimum Gasteiger partial charge on any atom is -0.493 e. The van der Waals surface area contributed by atoms with E-state index in [0.717, 1.165) is 42.1 Å². The molecular formula is C25H37FN3O4PS. The predicted molar refractivity (Wildman–Crippen MR) is 143 cm³/mol. The van der Waals surface area contributed by atoms with Gasteiger partial charge in [0.1, 0.15) is 29.2 Å². The van der Waals surface area contributed by atoms with Gasteiger partial charge in [-0.15, -0.1) is 9.24 Å². The quantitative estimate of drug-likeness (QED) is 0.303. The van der Waals surface area contributed by atoms with Gasteiger partial charge in [0.15, 0.2) is 11.5 Å². The maximum Gasteiger partial charge on any atom is 0.163 e. The number of carbonyl (C=O) groups is 1. The van der Waals surface area contributed by atoms with Gasteiger partial charge in [-0.1, -0.05) is 18.2 Å². The summed E-state index contributed by atoms with van der Waals surface area (Å²) in [6.07, 6.45) is 8.90. The van der Waals surface area contributed by atoms with Crippen molar-refractivity contribution in [2.75, 3.05) is 27.2 Å². The van der Waals surface area contributed by atoms with Crippen molar-refractivity contribution in [3.8, 4) is 11.5 Å². The molecule has 3 N–H and O–H groups in total. The average Bonchev–Trinajstić information content (AvgIpc) is 2.86. The molecule has 2 rings (SSSR count). The van der Waals surface area contributed by atoms with Crippen LogP contribution >= 0.6 is 9.24 Å². The minimum atomic E-state index is -1.41. The molecule has 1 aliphatic carbocycles. The number of halogens is 1. The van der Waals surface area contributed by atoms with Crippen LogP contribution in [0.3, 0.4) is 0 Å². The van der Waals surface area contributed by atoms with Gasteiger partial charge in [0, 0.05) is 31.4 Å². The number of allylic oxidation sites excluding steroid dienone is 2. The zero-order chi connectivity index (χ0) is 26.0. The molecule has 0 aromatic heterocycles. The molecule has 1 aromatic carbocycles. The number of methoxy groups -OCH3 is 1. The van der Waals surface area contributed by atoms with Gasteiger partial charge < -0.3 is 25.3 Å². The number of aldehydes is 1. The summed E-state index contributed by atoms with van der Waals surface area (Å²) in [6.45, 7) is 4.22. The monoisotopic (exact) mass is 525 g/mol. The summed E-state index contributed by atoms with van der Waals surface area (Å²) in [7, 11) is 4.51. The van der Waals surface area contributed by atoms with E-state index in [2.05, 4.69) is 14.6 Å². The SMILES string of the molecule is C/C=C\C1=C(NCC=O)CCC[C@H]1N(C)S(=O)C(/C=C(/P)[C@@H](C)Oc1ccc(F)cc1OC)CN. The third kappa shape index (κ3) is 7.97. The predicted octanol–water partition coefficient (Wildman–Crippen LogP) is 3.45. The van der Waals surface area contributed by atoms with Gasteiger partial charge in [-0.05, 0) is 56.1 Å². The van der Waals surface area contributed by atoms with Gasteiger partial charge in [0.25, 0.3) is 0 Å². The standard InChI is InChI=1S/C25H37FN3O4PS/c1-5-7-20-21(28-12-13-30)8-6-9-22(20)29(3)35(31)19(16-27)15-25(34)17(2)33-23-11-10-18(26)14-24(23)32-4/h5,7,10-11,13-15,17,19,22,28H,6,8-9,12,16,27,34H2,1-4H3/b7-5-,25-15+/t17-,19?,22-,35?/m1/s1. The van der Waals surface area contributed by atoms with Crippen molar-refractivity contribution in [2.45, 2.75) is 50.5 Å². The Morgan fingerprint density at radius 2 is 2.17 bits per heavy atom. The summed E-state index contributed by atoms with van der Waals surface area (Å²) in [5.74, 6) is 0.299. The Bertz CT molecular complexity index is 985. The van der Waals surface area contributed by atoms with Crippen LogP contribution in [0.15, 0.2) is 53.0 Å². The number of carbonyl (C=O) groups excluding carboxylic acids is 1. The highest BCUT2D eigenvalue weighted by Crippen LogP contribution is 2.32. The van der Waals surface area contributed by atoms with E-state index in [1.165, 1.54) is 25.3 Å². The second-order valence-electron chi connectivity index (χ2n) is 8.21. The van der Waals surface area contributed by atoms with E-state index in [1.54, 1.807) is 0 Å². The molecule has 1 aliphatic rings. The molecular weight excluding hydrogens is 488 g/mol. The fraction of sp³-hybridized carbons (Fsp3) is 0.480. The first-order valence-electron chi connectivity index (χ1n) is 11.6. The van der Waals surface area contributed by atoms with Crippen molar-refractivity contribution in [1.82, 2.24) is 9.62 Å². The molecule has 3 unspecified atom stereocenters. The van der Waals surface area contributed by atoms with E-state index in [0.29, 0.717) is 11.5 Å². The summed E-state index contributed by atoms with van der Waals surface area (Å²) < 4.78 is 40.1. The first-order valence-corrected chi connectivity index (χ1v) is 13.4. The van der Waals surface area contributed by atoms with Crippen molar-refractivity contribution in [3.05, 3.63) is 58.8 Å². The van der Waals surface area contributed by atoms with Gasteiger partial charge in [-0.3, -0.25) is 0 Å². The highest BCUT2D eigenvalue weighted by Gasteiger charge is 2.30. The highest BCUT2D eigenvalue weighted by atomic mass is 32.2. The molecule has 10 heteroatoms.